The normalized spacial score (nSPS) is 11.0. The Morgan fingerprint density at radius 2 is 1.96 bits per heavy atom. The number of H-pyrrole nitrogens is 1. The molecule has 1 aromatic heterocycles. The third-order valence-corrected chi connectivity index (χ3v) is 4.03. The van der Waals surface area contributed by atoms with E-state index in [1.807, 2.05) is 49.4 Å². The van der Waals surface area contributed by atoms with Gasteiger partial charge in [-0.1, -0.05) is 29.8 Å². The molecule has 0 atom stereocenters. The molecule has 5 nitrogen and oxygen atoms in total. The van der Waals surface area contributed by atoms with Crippen molar-refractivity contribution in [1.29, 1.82) is 0 Å². The number of aryl methyl sites for hydroxylation is 1. The number of benzene rings is 2. The SMILES string of the molecule is COc1cc(CO)cc(-c2cc(/C=C/C(=O)c3ccc(C)cc3)[nH]n2)c1. The maximum Gasteiger partial charge on any atom is 0.185 e. The predicted molar refractivity (Wildman–Crippen MR) is 101 cm³/mol. The van der Waals surface area contributed by atoms with E-state index < -0.39 is 0 Å². The maximum absolute atomic E-state index is 12.2. The third-order valence-electron chi connectivity index (χ3n) is 4.03. The number of nitrogens with one attached hydrogen (secondary N) is 1. The van der Waals surface area contributed by atoms with Crippen LogP contribution in [0.1, 0.15) is 27.2 Å². The third kappa shape index (κ3) is 4.07. The molecule has 2 N–H and O–H groups in total. The highest BCUT2D eigenvalue weighted by Crippen LogP contribution is 2.25. The number of allylic oxidation sites excluding steroid dienone is 1. The molecule has 5 heteroatoms. The van der Waals surface area contributed by atoms with Gasteiger partial charge in [0.15, 0.2) is 5.78 Å². The Kier molecular flexibility index (Phi) is 5.29. The van der Waals surface area contributed by atoms with Gasteiger partial charge in [-0.15, -0.1) is 0 Å². The minimum Gasteiger partial charge on any atom is -0.497 e. The lowest BCUT2D eigenvalue weighted by Crippen LogP contribution is -1.93. The van der Waals surface area contributed by atoms with Gasteiger partial charge in [0.1, 0.15) is 5.75 Å². The number of aliphatic hydroxyl groups excluding tert-OH is 1. The van der Waals surface area contributed by atoms with Gasteiger partial charge in [-0.25, -0.2) is 0 Å². The van der Waals surface area contributed by atoms with Crippen molar-refractivity contribution in [3.63, 3.8) is 0 Å². The quantitative estimate of drug-likeness (QED) is 0.525. The van der Waals surface area contributed by atoms with E-state index in [0.717, 1.165) is 16.7 Å². The van der Waals surface area contributed by atoms with E-state index in [0.29, 0.717) is 22.7 Å². The van der Waals surface area contributed by atoms with Crippen LogP contribution in [0.25, 0.3) is 17.3 Å². The molecule has 0 unspecified atom stereocenters. The fourth-order valence-corrected chi connectivity index (χ4v) is 2.57. The first-order chi connectivity index (χ1) is 12.6. The van der Waals surface area contributed by atoms with Gasteiger partial charge in [-0.3, -0.25) is 9.89 Å². The summed E-state index contributed by atoms with van der Waals surface area (Å²) >= 11 is 0. The van der Waals surface area contributed by atoms with Gasteiger partial charge in [0.05, 0.1) is 25.1 Å². The minimum absolute atomic E-state index is 0.0647. The number of carbonyl (C=O) groups excluding carboxylic acids is 1. The van der Waals surface area contributed by atoms with E-state index in [1.165, 1.54) is 6.08 Å². The predicted octanol–water partition coefficient (Wildman–Crippen LogP) is 3.78. The van der Waals surface area contributed by atoms with Crippen molar-refractivity contribution < 1.29 is 14.6 Å². The lowest BCUT2D eigenvalue weighted by molar-refractivity contribution is 0.104. The first-order valence-corrected chi connectivity index (χ1v) is 8.22. The summed E-state index contributed by atoms with van der Waals surface area (Å²) in [7, 11) is 1.58. The van der Waals surface area contributed by atoms with Crippen LogP contribution in [0, 0.1) is 6.92 Å². The number of carbonyl (C=O) groups is 1. The monoisotopic (exact) mass is 348 g/mol. The molecular formula is C21H20N2O3. The minimum atomic E-state index is -0.0769. The van der Waals surface area contributed by atoms with Crippen LogP contribution in [-0.2, 0) is 6.61 Å². The summed E-state index contributed by atoms with van der Waals surface area (Å²) in [5, 5.41) is 16.5. The Labute approximate surface area is 152 Å². The van der Waals surface area contributed by atoms with Crippen LogP contribution in [0.15, 0.2) is 54.6 Å². The summed E-state index contributed by atoms with van der Waals surface area (Å²) in [5.74, 6) is 0.589. The molecule has 0 aliphatic heterocycles. The van der Waals surface area contributed by atoms with Crippen molar-refractivity contribution in [2.75, 3.05) is 7.11 Å². The molecular weight excluding hydrogens is 328 g/mol. The first kappa shape index (κ1) is 17.6. The molecule has 0 bridgehead atoms. The molecule has 26 heavy (non-hydrogen) atoms. The van der Waals surface area contributed by atoms with Crippen LogP contribution in [0.3, 0.4) is 0 Å². The van der Waals surface area contributed by atoms with Crippen LogP contribution in [-0.4, -0.2) is 28.2 Å². The highest BCUT2D eigenvalue weighted by molar-refractivity contribution is 6.06. The average molecular weight is 348 g/mol. The number of ether oxygens (including phenoxy) is 1. The molecule has 3 aromatic rings. The second-order valence-electron chi connectivity index (χ2n) is 6.00. The number of hydrogen-bond acceptors (Lipinski definition) is 4. The van der Waals surface area contributed by atoms with Crippen molar-refractivity contribution in [3.05, 3.63) is 77.0 Å². The molecule has 0 saturated carbocycles. The molecule has 1 heterocycles. The zero-order chi connectivity index (χ0) is 18.5. The van der Waals surface area contributed by atoms with Crippen LogP contribution in [0.5, 0.6) is 5.75 Å². The lowest BCUT2D eigenvalue weighted by atomic mass is 10.1. The number of rotatable bonds is 6. The summed E-state index contributed by atoms with van der Waals surface area (Å²) in [5.41, 5.74) is 4.76. The number of nitrogens with zero attached hydrogens (tertiary/aromatic N) is 1. The van der Waals surface area contributed by atoms with Crippen LogP contribution in [0.2, 0.25) is 0 Å². The van der Waals surface area contributed by atoms with Crippen molar-refractivity contribution in [2.24, 2.45) is 0 Å². The number of aliphatic hydroxyl groups is 1. The summed E-state index contributed by atoms with van der Waals surface area (Å²) in [6.07, 6.45) is 3.22. The van der Waals surface area contributed by atoms with E-state index in [1.54, 1.807) is 19.3 Å². The topological polar surface area (TPSA) is 75.2 Å². The molecule has 0 fully saturated rings. The summed E-state index contributed by atoms with van der Waals surface area (Å²) in [6, 6.07) is 14.8. The standard InChI is InChI=1S/C21H20N2O3/c1-14-3-5-16(6-4-14)21(25)8-7-18-12-20(23-22-18)17-9-15(13-24)10-19(11-17)26-2/h3-12,24H,13H2,1-2H3,(H,22,23)/b8-7+. The van der Waals surface area contributed by atoms with Gasteiger partial charge in [0, 0.05) is 11.1 Å². The molecule has 0 radical (unpaired) electrons. The van der Waals surface area contributed by atoms with E-state index in [2.05, 4.69) is 10.2 Å². The maximum atomic E-state index is 12.2. The molecule has 3 rings (SSSR count). The van der Waals surface area contributed by atoms with Crippen molar-refractivity contribution in [1.82, 2.24) is 10.2 Å². The van der Waals surface area contributed by atoms with Crippen LogP contribution in [0.4, 0.5) is 0 Å². The van der Waals surface area contributed by atoms with Crippen molar-refractivity contribution in [2.45, 2.75) is 13.5 Å². The second-order valence-corrected chi connectivity index (χ2v) is 6.00. The Balaban J connectivity index is 1.79. The average Bonchev–Trinajstić information content (AvgIpc) is 3.15. The summed E-state index contributed by atoms with van der Waals surface area (Å²) in [4.78, 5) is 12.2. The molecule has 0 spiro atoms. The van der Waals surface area contributed by atoms with E-state index in [4.69, 9.17) is 4.74 Å². The van der Waals surface area contributed by atoms with Gasteiger partial charge in [0.25, 0.3) is 0 Å². The smallest absolute Gasteiger partial charge is 0.185 e. The molecule has 0 aliphatic carbocycles. The summed E-state index contributed by atoms with van der Waals surface area (Å²) in [6.45, 7) is 1.91. The van der Waals surface area contributed by atoms with Gasteiger partial charge < -0.3 is 9.84 Å². The number of aromatic nitrogens is 2. The number of aromatic amines is 1. The number of methoxy groups -OCH3 is 1. The molecule has 132 valence electrons. The number of hydrogen-bond donors (Lipinski definition) is 2. The first-order valence-electron chi connectivity index (χ1n) is 8.22. The van der Waals surface area contributed by atoms with E-state index >= 15 is 0 Å². The Morgan fingerprint density at radius 3 is 2.65 bits per heavy atom. The van der Waals surface area contributed by atoms with Crippen LogP contribution < -0.4 is 4.74 Å². The molecule has 2 aromatic carbocycles. The zero-order valence-electron chi connectivity index (χ0n) is 14.7. The Bertz CT molecular complexity index is 918. The van der Waals surface area contributed by atoms with Crippen molar-refractivity contribution in [3.8, 4) is 17.0 Å². The largest absolute Gasteiger partial charge is 0.497 e. The lowest BCUT2D eigenvalue weighted by Gasteiger charge is -2.05. The van der Waals surface area contributed by atoms with Crippen molar-refractivity contribution >= 4 is 11.9 Å². The van der Waals surface area contributed by atoms with E-state index in [-0.39, 0.29) is 12.4 Å². The molecule has 0 amide bonds. The Morgan fingerprint density at radius 1 is 1.19 bits per heavy atom. The molecule has 0 aliphatic rings. The fourth-order valence-electron chi connectivity index (χ4n) is 2.57. The van der Waals surface area contributed by atoms with Gasteiger partial charge in [-0.2, -0.15) is 5.10 Å². The fraction of sp³-hybridized carbons (Fsp3) is 0.143. The highest BCUT2D eigenvalue weighted by atomic mass is 16.5. The van der Waals surface area contributed by atoms with E-state index in [9.17, 15) is 9.90 Å². The Hall–Kier alpha value is -3.18. The highest BCUT2D eigenvalue weighted by Gasteiger charge is 2.07. The summed E-state index contributed by atoms with van der Waals surface area (Å²) < 4.78 is 5.25. The van der Waals surface area contributed by atoms with Gasteiger partial charge >= 0.3 is 0 Å². The van der Waals surface area contributed by atoms with Gasteiger partial charge in [0.2, 0.25) is 0 Å². The second kappa shape index (κ2) is 7.80. The number of ketones is 1. The molecule has 0 saturated heterocycles. The van der Waals surface area contributed by atoms with Gasteiger partial charge in [-0.05, 0) is 48.9 Å². The zero-order valence-corrected chi connectivity index (χ0v) is 14.7. The van der Waals surface area contributed by atoms with Crippen LogP contribution >= 0.6 is 0 Å².